The second-order valence-corrected chi connectivity index (χ2v) is 4.28. The van der Waals surface area contributed by atoms with Gasteiger partial charge < -0.3 is 5.11 Å². The van der Waals surface area contributed by atoms with Crippen LogP contribution < -0.4 is 0 Å². The lowest BCUT2D eigenvalue weighted by molar-refractivity contribution is 0.206. The molecular formula is C7H8BrClOS. The molecule has 0 aliphatic carbocycles. The Kier molecular flexibility index (Phi) is 3.37. The van der Waals surface area contributed by atoms with E-state index in [1.165, 1.54) is 11.3 Å². The number of thiophene rings is 1. The van der Waals surface area contributed by atoms with Crippen LogP contribution in [-0.4, -0.2) is 11.0 Å². The minimum Gasteiger partial charge on any atom is -0.386 e. The quantitative estimate of drug-likeness (QED) is 0.805. The van der Waals surface area contributed by atoms with Gasteiger partial charge in [0, 0.05) is 9.35 Å². The van der Waals surface area contributed by atoms with E-state index in [4.69, 9.17) is 11.6 Å². The zero-order chi connectivity index (χ0) is 8.43. The molecule has 1 nitrogen and oxygen atoms in total. The molecule has 0 spiro atoms. The maximum Gasteiger partial charge on any atom is 0.103 e. The van der Waals surface area contributed by atoms with E-state index in [2.05, 4.69) is 15.9 Å². The Morgan fingerprint density at radius 2 is 2.45 bits per heavy atom. The fraction of sp³-hybridized carbons (Fsp3) is 0.429. The van der Waals surface area contributed by atoms with Gasteiger partial charge in [-0.1, -0.05) is 0 Å². The number of hydrogen-bond donors (Lipinski definition) is 1. The smallest absolute Gasteiger partial charge is 0.103 e. The number of aliphatic hydroxyl groups is 1. The molecule has 0 bridgehead atoms. The third kappa shape index (κ3) is 1.96. The van der Waals surface area contributed by atoms with Gasteiger partial charge in [-0.3, -0.25) is 0 Å². The molecule has 0 saturated carbocycles. The molecule has 1 unspecified atom stereocenters. The second kappa shape index (κ2) is 3.90. The van der Waals surface area contributed by atoms with Crippen molar-refractivity contribution < 1.29 is 5.11 Å². The zero-order valence-corrected chi connectivity index (χ0v) is 9.13. The number of hydrogen-bond acceptors (Lipinski definition) is 2. The predicted molar refractivity (Wildman–Crippen MR) is 52.4 cm³/mol. The van der Waals surface area contributed by atoms with E-state index in [1.54, 1.807) is 0 Å². The zero-order valence-electron chi connectivity index (χ0n) is 5.97. The van der Waals surface area contributed by atoms with Crippen LogP contribution >= 0.6 is 38.9 Å². The molecule has 0 aliphatic rings. The van der Waals surface area contributed by atoms with E-state index in [-0.39, 0.29) is 5.88 Å². The van der Waals surface area contributed by atoms with E-state index in [9.17, 15) is 5.11 Å². The molecule has 4 heteroatoms. The van der Waals surface area contributed by atoms with Gasteiger partial charge in [0.2, 0.25) is 0 Å². The van der Waals surface area contributed by atoms with Crippen LogP contribution in [0.1, 0.15) is 16.5 Å². The first-order valence-corrected chi connectivity index (χ1v) is 5.35. The van der Waals surface area contributed by atoms with Gasteiger partial charge >= 0.3 is 0 Å². The number of rotatable bonds is 2. The number of alkyl halides is 1. The van der Waals surface area contributed by atoms with Crippen molar-refractivity contribution in [3.05, 3.63) is 20.3 Å². The lowest BCUT2D eigenvalue weighted by atomic mass is 10.3. The van der Waals surface area contributed by atoms with Crippen molar-refractivity contribution >= 4 is 38.9 Å². The molecular weight excluding hydrogens is 247 g/mol. The van der Waals surface area contributed by atoms with E-state index in [0.717, 1.165) is 14.9 Å². The third-order valence-electron chi connectivity index (χ3n) is 1.37. The summed E-state index contributed by atoms with van der Waals surface area (Å²) in [5, 5.41) is 11.4. The summed E-state index contributed by atoms with van der Waals surface area (Å²) in [6, 6.07) is 0. The first-order chi connectivity index (χ1) is 5.16. The summed E-state index contributed by atoms with van der Waals surface area (Å²) >= 11 is 10.4. The first kappa shape index (κ1) is 9.52. The van der Waals surface area contributed by atoms with E-state index >= 15 is 0 Å². The van der Waals surface area contributed by atoms with Crippen molar-refractivity contribution in [3.63, 3.8) is 0 Å². The fourth-order valence-corrected chi connectivity index (χ4v) is 2.73. The number of halogens is 2. The van der Waals surface area contributed by atoms with Crippen LogP contribution in [0.4, 0.5) is 0 Å². The highest BCUT2D eigenvalue weighted by molar-refractivity contribution is 9.10. The van der Waals surface area contributed by atoms with E-state index < -0.39 is 6.10 Å². The molecule has 62 valence electrons. The molecule has 0 radical (unpaired) electrons. The summed E-state index contributed by atoms with van der Waals surface area (Å²) in [6.45, 7) is 1.99. The van der Waals surface area contributed by atoms with E-state index in [0.29, 0.717) is 0 Å². The lowest BCUT2D eigenvalue weighted by Crippen LogP contribution is -1.95. The Morgan fingerprint density at radius 1 is 1.82 bits per heavy atom. The van der Waals surface area contributed by atoms with E-state index in [1.807, 2.05) is 12.3 Å². The minimum atomic E-state index is -0.537. The van der Waals surface area contributed by atoms with Crippen LogP contribution in [0, 0.1) is 6.92 Å². The summed E-state index contributed by atoms with van der Waals surface area (Å²) in [4.78, 5) is 0.914. The first-order valence-electron chi connectivity index (χ1n) is 3.14. The Hall–Kier alpha value is 0.430. The standard InChI is InChI=1S/C7H8BrClOS/c1-4-3-11-7(6(4)8)5(10)2-9/h3,5,10H,2H2,1H3. The second-order valence-electron chi connectivity index (χ2n) is 2.27. The molecule has 0 saturated heterocycles. The highest BCUT2D eigenvalue weighted by Gasteiger charge is 2.13. The number of aliphatic hydroxyl groups excluding tert-OH is 1. The molecule has 1 rings (SSSR count). The Balaban J connectivity index is 2.94. The van der Waals surface area contributed by atoms with Crippen molar-refractivity contribution in [2.45, 2.75) is 13.0 Å². The SMILES string of the molecule is Cc1csc(C(O)CCl)c1Br. The van der Waals surface area contributed by atoms with Crippen molar-refractivity contribution in [2.75, 3.05) is 5.88 Å². The Morgan fingerprint density at radius 3 is 2.82 bits per heavy atom. The van der Waals surface area contributed by atoms with Crippen molar-refractivity contribution in [1.82, 2.24) is 0 Å². The predicted octanol–water partition coefficient (Wildman–Crippen LogP) is 3.09. The van der Waals surface area contributed by atoms with Gasteiger partial charge in [-0.25, -0.2) is 0 Å². The van der Waals surface area contributed by atoms with Crippen molar-refractivity contribution in [2.24, 2.45) is 0 Å². The largest absolute Gasteiger partial charge is 0.386 e. The minimum absolute atomic E-state index is 0.249. The molecule has 0 aromatic carbocycles. The summed E-state index contributed by atoms with van der Waals surface area (Å²) in [6.07, 6.45) is -0.537. The summed E-state index contributed by atoms with van der Waals surface area (Å²) in [7, 11) is 0. The highest BCUT2D eigenvalue weighted by Crippen LogP contribution is 2.32. The van der Waals surface area contributed by atoms with Crippen LogP contribution in [0.15, 0.2) is 9.85 Å². The lowest BCUT2D eigenvalue weighted by Gasteiger charge is -2.03. The van der Waals surface area contributed by atoms with Crippen LogP contribution in [0.25, 0.3) is 0 Å². The molecule has 1 N–H and O–H groups in total. The fourth-order valence-electron chi connectivity index (χ4n) is 0.745. The van der Waals surface area contributed by atoms with Crippen LogP contribution in [0.5, 0.6) is 0 Å². The highest BCUT2D eigenvalue weighted by atomic mass is 79.9. The maximum atomic E-state index is 9.37. The molecule has 11 heavy (non-hydrogen) atoms. The molecule has 1 heterocycles. The van der Waals surface area contributed by atoms with Gasteiger partial charge in [0.15, 0.2) is 0 Å². The molecule has 1 atom stereocenters. The topological polar surface area (TPSA) is 20.2 Å². The van der Waals surface area contributed by atoms with Gasteiger partial charge in [-0.2, -0.15) is 0 Å². The van der Waals surface area contributed by atoms with Gasteiger partial charge in [0.25, 0.3) is 0 Å². The summed E-state index contributed by atoms with van der Waals surface area (Å²) < 4.78 is 0.982. The Bertz CT molecular complexity index is 249. The number of aryl methyl sites for hydroxylation is 1. The molecule has 1 aromatic heterocycles. The monoisotopic (exact) mass is 254 g/mol. The average molecular weight is 256 g/mol. The van der Waals surface area contributed by atoms with Crippen LogP contribution in [0.3, 0.4) is 0 Å². The molecule has 0 aliphatic heterocycles. The van der Waals surface area contributed by atoms with Crippen LogP contribution in [0.2, 0.25) is 0 Å². The van der Waals surface area contributed by atoms with Crippen LogP contribution in [-0.2, 0) is 0 Å². The Labute approximate surface area is 83.1 Å². The third-order valence-corrected chi connectivity index (χ3v) is 4.18. The van der Waals surface area contributed by atoms with Gasteiger partial charge in [0.1, 0.15) is 6.10 Å². The average Bonchev–Trinajstić information content (AvgIpc) is 2.32. The van der Waals surface area contributed by atoms with Gasteiger partial charge in [0.05, 0.1) is 5.88 Å². The van der Waals surface area contributed by atoms with Crippen molar-refractivity contribution in [1.29, 1.82) is 0 Å². The normalized spacial score (nSPS) is 13.5. The van der Waals surface area contributed by atoms with Crippen molar-refractivity contribution in [3.8, 4) is 0 Å². The molecule has 1 aromatic rings. The maximum absolute atomic E-state index is 9.37. The molecule has 0 fully saturated rings. The summed E-state index contributed by atoms with van der Waals surface area (Å²) in [5.41, 5.74) is 1.15. The van der Waals surface area contributed by atoms with Gasteiger partial charge in [-0.05, 0) is 33.8 Å². The summed E-state index contributed by atoms with van der Waals surface area (Å²) in [5.74, 6) is 0.249. The van der Waals surface area contributed by atoms with Gasteiger partial charge in [-0.15, -0.1) is 22.9 Å². The molecule has 0 amide bonds.